The van der Waals surface area contributed by atoms with E-state index < -0.39 is 5.91 Å². The van der Waals surface area contributed by atoms with E-state index in [2.05, 4.69) is 43.8 Å². The van der Waals surface area contributed by atoms with E-state index in [0.29, 0.717) is 32.1 Å². The van der Waals surface area contributed by atoms with Gasteiger partial charge < -0.3 is 10.1 Å². The molecule has 0 heterocycles. The third-order valence-corrected chi connectivity index (χ3v) is 5.73. The normalized spacial score (nSPS) is 11.0. The van der Waals surface area contributed by atoms with Crippen molar-refractivity contribution in [1.82, 2.24) is 0 Å². The van der Waals surface area contributed by atoms with E-state index in [-0.39, 0.29) is 18.0 Å². The lowest BCUT2D eigenvalue weighted by atomic mass is 10.1. The summed E-state index contributed by atoms with van der Waals surface area (Å²) in [6.45, 7) is 0.0714. The van der Waals surface area contributed by atoms with Crippen molar-refractivity contribution in [2.24, 2.45) is 0 Å². The van der Waals surface area contributed by atoms with Gasteiger partial charge in [0.25, 0.3) is 5.91 Å². The smallest absolute Gasteiger partial charge is 0.266 e. The maximum Gasteiger partial charge on any atom is 0.266 e. The maximum absolute atomic E-state index is 13.8. The summed E-state index contributed by atoms with van der Waals surface area (Å²) in [7, 11) is 0. The molecule has 0 unspecified atom stereocenters. The molecule has 3 rings (SSSR count). The van der Waals surface area contributed by atoms with E-state index in [9.17, 15) is 14.4 Å². The van der Waals surface area contributed by atoms with Crippen LogP contribution in [0.2, 0.25) is 5.02 Å². The lowest BCUT2D eigenvalue weighted by Gasteiger charge is -2.12. The molecule has 1 amide bonds. The summed E-state index contributed by atoms with van der Waals surface area (Å²) in [5.41, 5.74) is 1.50. The number of benzene rings is 3. The molecule has 3 aromatic rings. The first kappa shape index (κ1) is 23.3. The molecule has 0 bridgehead atoms. The number of rotatable bonds is 6. The van der Waals surface area contributed by atoms with Gasteiger partial charge in [-0.05, 0) is 86.6 Å². The van der Waals surface area contributed by atoms with Crippen LogP contribution in [0, 0.1) is 20.7 Å². The van der Waals surface area contributed by atoms with Crippen LogP contribution >= 0.6 is 50.1 Å². The molecule has 4 nitrogen and oxygen atoms in total. The van der Waals surface area contributed by atoms with Crippen LogP contribution in [-0.2, 0) is 11.4 Å². The standard InChI is InChI=1S/C23H14BrClFIN2O2/c24-19-9-14(8-16(12-28)23(30)29-18-6-3-5-17(25)11-18)10-21(27)22(19)31-13-15-4-1-2-7-20(15)26/h1-11H,13H2,(H,29,30)/b16-8+. The van der Waals surface area contributed by atoms with E-state index in [1.165, 1.54) is 12.1 Å². The van der Waals surface area contributed by atoms with Gasteiger partial charge in [-0.2, -0.15) is 5.26 Å². The van der Waals surface area contributed by atoms with Crippen molar-refractivity contribution in [1.29, 1.82) is 5.26 Å². The van der Waals surface area contributed by atoms with Crippen LogP contribution in [0.5, 0.6) is 5.75 Å². The summed E-state index contributed by atoms with van der Waals surface area (Å²) < 4.78 is 21.0. The number of nitrogens with zero attached hydrogens (tertiary/aromatic N) is 1. The van der Waals surface area contributed by atoms with Crippen LogP contribution in [-0.4, -0.2) is 5.91 Å². The van der Waals surface area contributed by atoms with Crippen molar-refractivity contribution in [3.8, 4) is 11.8 Å². The first-order valence-corrected chi connectivity index (χ1v) is 11.2. The molecule has 0 aliphatic rings. The molecule has 3 aromatic carbocycles. The number of amides is 1. The Kier molecular flexibility index (Phi) is 8.07. The van der Waals surface area contributed by atoms with Gasteiger partial charge in [-0.3, -0.25) is 4.79 Å². The first-order valence-electron chi connectivity index (χ1n) is 8.91. The minimum absolute atomic E-state index is 0.0669. The fourth-order valence-electron chi connectivity index (χ4n) is 2.65. The number of carbonyl (C=O) groups excluding carboxylic acids is 1. The Balaban J connectivity index is 1.78. The molecule has 0 saturated carbocycles. The van der Waals surface area contributed by atoms with Gasteiger partial charge in [-0.25, -0.2) is 4.39 Å². The van der Waals surface area contributed by atoms with Crippen molar-refractivity contribution < 1.29 is 13.9 Å². The molecule has 1 N–H and O–H groups in total. The largest absolute Gasteiger partial charge is 0.486 e. The highest BCUT2D eigenvalue weighted by Crippen LogP contribution is 2.33. The second-order valence-corrected chi connectivity index (χ2v) is 8.78. The van der Waals surface area contributed by atoms with E-state index in [4.69, 9.17) is 16.3 Å². The van der Waals surface area contributed by atoms with Gasteiger partial charge in [0.15, 0.2) is 0 Å². The zero-order valence-corrected chi connectivity index (χ0v) is 20.3. The monoisotopic (exact) mass is 610 g/mol. The van der Waals surface area contributed by atoms with Crippen LogP contribution in [0.3, 0.4) is 0 Å². The molecule has 31 heavy (non-hydrogen) atoms. The predicted molar refractivity (Wildman–Crippen MR) is 131 cm³/mol. The molecular weight excluding hydrogens is 598 g/mol. The summed E-state index contributed by atoms with van der Waals surface area (Å²) >= 11 is 11.5. The molecule has 0 aliphatic heterocycles. The Morgan fingerprint density at radius 1 is 1.23 bits per heavy atom. The highest BCUT2D eigenvalue weighted by Gasteiger charge is 2.13. The van der Waals surface area contributed by atoms with Crippen molar-refractivity contribution in [3.63, 3.8) is 0 Å². The zero-order chi connectivity index (χ0) is 22.4. The summed E-state index contributed by atoms with van der Waals surface area (Å²) in [5, 5.41) is 12.6. The van der Waals surface area contributed by atoms with Crippen LogP contribution in [0.1, 0.15) is 11.1 Å². The van der Waals surface area contributed by atoms with Gasteiger partial charge in [-0.1, -0.05) is 35.9 Å². The highest BCUT2D eigenvalue weighted by molar-refractivity contribution is 14.1. The van der Waals surface area contributed by atoms with E-state index in [1.54, 1.807) is 54.6 Å². The molecule has 0 atom stereocenters. The SMILES string of the molecule is N#C/C(=C\c1cc(Br)c(OCc2ccccc2F)c(I)c1)C(=O)Nc1cccc(Cl)c1. The maximum atomic E-state index is 13.8. The lowest BCUT2D eigenvalue weighted by molar-refractivity contribution is -0.112. The third-order valence-electron chi connectivity index (χ3n) is 4.11. The fourth-order valence-corrected chi connectivity index (χ4v) is 4.61. The highest BCUT2D eigenvalue weighted by atomic mass is 127. The fraction of sp³-hybridized carbons (Fsp3) is 0.0435. The number of halogens is 4. The predicted octanol–water partition coefficient (Wildman–Crippen LogP) is 6.97. The minimum atomic E-state index is -0.546. The van der Waals surface area contributed by atoms with E-state index in [1.807, 2.05) is 6.07 Å². The average molecular weight is 612 g/mol. The summed E-state index contributed by atoms with van der Waals surface area (Å²) in [6.07, 6.45) is 1.48. The van der Waals surface area contributed by atoms with Crippen LogP contribution in [0.15, 0.2) is 70.7 Å². The zero-order valence-electron chi connectivity index (χ0n) is 15.8. The lowest BCUT2D eigenvalue weighted by Crippen LogP contribution is -2.13. The summed E-state index contributed by atoms with van der Waals surface area (Å²) in [6, 6.07) is 18.5. The Labute approximate surface area is 205 Å². The van der Waals surface area contributed by atoms with Gasteiger partial charge in [-0.15, -0.1) is 0 Å². The molecule has 0 saturated heterocycles. The Hall–Kier alpha value is -2.41. The van der Waals surface area contributed by atoms with E-state index in [0.717, 1.165) is 3.57 Å². The Morgan fingerprint density at radius 3 is 2.68 bits per heavy atom. The van der Waals surface area contributed by atoms with Crippen molar-refractivity contribution in [3.05, 3.63) is 96.2 Å². The van der Waals surface area contributed by atoms with Gasteiger partial charge in [0.2, 0.25) is 0 Å². The van der Waals surface area contributed by atoms with Crippen LogP contribution < -0.4 is 10.1 Å². The molecule has 0 fully saturated rings. The second kappa shape index (κ2) is 10.8. The Morgan fingerprint density at radius 2 is 2.00 bits per heavy atom. The van der Waals surface area contributed by atoms with Crippen molar-refractivity contribution in [2.45, 2.75) is 6.61 Å². The quantitative estimate of drug-likeness (QED) is 0.186. The van der Waals surface area contributed by atoms with Crippen LogP contribution in [0.4, 0.5) is 10.1 Å². The van der Waals surface area contributed by atoms with Crippen LogP contribution in [0.25, 0.3) is 6.08 Å². The minimum Gasteiger partial charge on any atom is -0.486 e. The average Bonchev–Trinajstić information content (AvgIpc) is 2.72. The number of nitriles is 1. The van der Waals surface area contributed by atoms with Crippen molar-refractivity contribution in [2.75, 3.05) is 5.32 Å². The number of hydrogen-bond donors (Lipinski definition) is 1. The third kappa shape index (κ3) is 6.29. The first-order chi connectivity index (χ1) is 14.9. The number of anilines is 1. The van der Waals surface area contributed by atoms with Gasteiger partial charge in [0, 0.05) is 16.3 Å². The van der Waals surface area contributed by atoms with Gasteiger partial charge >= 0.3 is 0 Å². The molecule has 156 valence electrons. The topological polar surface area (TPSA) is 62.1 Å². The summed E-state index contributed by atoms with van der Waals surface area (Å²) in [5.74, 6) is -0.337. The molecule has 0 aliphatic carbocycles. The van der Waals surface area contributed by atoms with Gasteiger partial charge in [0.05, 0.1) is 8.04 Å². The summed E-state index contributed by atoms with van der Waals surface area (Å²) in [4.78, 5) is 12.5. The molecule has 0 aromatic heterocycles. The Bertz CT molecular complexity index is 1190. The van der Waals surface area contributed by atoms with Crippen molar-refractivity contribution >= 4 is 67.8 Å². The molecule has 0 radical (unpaired) electrons. The number of nitrogens with one attached hydrogen (secondary N) is 1. The molecular formula is C23H14BrClFIN2O2. The number of carbonyl (C=O) groups is 1. The van der Waals surface area contributed by atoms with E-state index >= 15 is 0 Å². The van der Waals surface area contributed by atoms with Gasteiger partial charge in [0.1, 0.15) is 29.8 Å². The number of hydrogen-bond acceptors (Lipinski definition) is 3. The number of ether oxygens (including phenoxy) is 1. The molecule has 8 heteroatoms. The molecule has 0 spiro atoms. The second-order valence-electron chi connectivity index (χ2n) is 6.33.